The first-order valence-electron chi connectivity index (χ1n) is 9.81. The van der Waals surface area contributed by atoms with Gasteiger partial charge in [0.15, 0.2) is 0 Å². The quantitative estimate of drug-likeness (QED) is 0.776. The van der Waals surface area contributed by atoms with E-state index in [9.17, 15) is 9.18 Å². The molecule has 1 N–H and O–H groups in total. The first-order valence-corrected chi connectivity index (χ1v) is 9.81. The van der Waals surface area contributed by atoms with Crippen molar-refractivity contribution in [1.82, 2.24) is 10.2 Å². The number of nitrogens with zero attached hydrogens (tertiary/aromatic N) is 2. The number of piperazine rings is 1. The normalized spacial score (nSPS) is 14.9. The molecule has 0 aliphatic carbocycles. The summed E-state index contributed by atoms with van der Waals surface area (Å²) in [6, 6.07) is 15.2. The van der Waals surface area contributed by atoms with Crippen molar-refractivity contribution in [2.45, 2.75) is 26.4 Å². The van der Waals surface area contributed by atoms with Gasteiger partial charge in [-0.15, -0.1) is 0 Å². The molecule has 1 saturated heterocycles. The average molecular weight is 381 g/mol. The van der Waals surface area contributed by atoms with Crippen molar-refractivity contribution in [2.24, 2.45) is 0 Å². The lowest BCUT2D eigenvalue weighted by Crippen LogP contribution is -2.48. The Morgan fingerprint density at radius 2 is 1.68 bits per heavy atom. The fourth-order valence-corrected chi connectivity index (χ4v) is 3.18. The van der Waals surface area contributed by atoms with Gasteiger partial charge in [0, 0.05) is 50.5 Å². The van der Waals surface area contributed by atoms with Crippen LogP contribution in [0.2, 0.25) is 0 Å². The van der Waals surface area contributed by atoms with Crippen LogP contribution in [0.1, 0.15) is 25.0 Å². The molecule has 2 aromatic rings. The SMILES string of the molecule is CC(C)NCc1ccc(/C=C/C(=O)N2CCN(c3ccc(F)cc3)CC2)cc1. The summed E-state index contributed by atoms with van der Waals surface area (Å²) in [5.74, 6) is -0.198. The van der Waals surface area contributed by atoms with Crippen LogP contribution in [0.15, 0.2) is 54.6 Å². The Balaban J connectivity index is 1.49. The molecule has 0 radical (unpaired) electrons. The minimum Gasteiger partial charge on any atom is -0.368 e. The van der Waals surface area contributed by atoms with Crippen molar-refractivity contribution in [3.63, 3.8) is 0 Å². The van der Waals surface area contributed by atoms with Gasteiger partial charge in [0.25, 0.3) is 0 Å². The molecule has 1 aliphatic rings. The van der Waals surface area contributed by atoms with E-state index in [1.807, 2.05) is 23.1 Å². The first-order chi connectivity index (χ1) is 13.5. The number of carbonyl (C=O) groups is 1. The topological polar surface area (TPSA) is 35.6 Å². The summed E-state index contributed by atoms with van der Waals surface area (Å²) in [7, 11) is 0. The lowest BCUT2D eigenvalue weighted by Gasteiger charge is -2.35. The van der Waals surface area contributed by atoms with E-state index in [4.69, 9.17) is 0 Å². The van der Waals surface area contributed by atoms with Gasteiger partial charge < -0.3 is 15.1 Å². The van der Waals surface area contributed by atoms with E-state index < -0.39 is 0 Å². The third kappa shape index (κ3) is 5.67. The fourth-order valence-electron chi connectivity index (χ4n) is 3.18. The number of amides is 1. The highest BCUT2D eigenvalue weighted by molar-refractivity contribution is 5.92. The van der Waals surface area contributed by atoms with E-state index in [1.54, 1.807) is 18.2 Å². The van der Waals surface area contributed by atoms with Gasteiger partial charge in [-0.1, -0.05) is 38.1 Å². The van der Waals surface area contributed by atoms with E-state index in [1.165, 1.54) is 17.7 Å². The van der Waals surface area contributed by atoms with Crippen LogP contribution in [-0.4, -0.2) is 43.0 Å². The maximum absolute atomic E-state index is 13.1. The number of rotatable bonds is 6. The Bertz CT molecular complexity index is 792. The molecule has 148 valence electrons. The van der Waals surface area contributed by atoms with E-state index in [0.717, 1.165) is 30.9 Å². The zero-order valence-electron chi connectivity index (χ0n) is 16.6. The molecule has 1 amide bonds. The van der Waals surface area contributed by atoms with Crippen molar-refractivity contribution < 1.29 is 9.18 Å². The van der Waals surface area contributed by atoms with Gasteiger partial charge in [-0.2, -0.15) is 0 Å². The summed E-state index contributed by atoms with van der Waals surface area (Å²) in [4.78, 5) is 16.5. The second-order valence-corrected chi connectivity index (χ2v) is 7.40. The highest BCUT2D eigenvalue weighted by Gasteiger charge is 2.19. The van der Waals surface area contributed by atoms with Crippen LogP contribution in [0.4, 0.5) is 10.1 Å². The molecule has 1 fully saturated rings. The van der Waals surface area contributed by atoms with Crippen LogP contribution in [0.25, 0.3) is 6.08 Å². The fraction of sp³-hybridized carbons (Fsp3) is 0.348. The number of anilines is 1. The Morgan fingerprint density at radius 3 is 2.29 bits per heavy atom. The number of nitrogens with one attached hydrogen (secondary N) is 1. The van der Waals surface area contributed by atoms with Crippen molar-refractivity contribution in [3.05, 3.63) is 71.6 Å². The second-order valence-electron chi connectivity index (χ2n) is 7.40. The molecular weight excluding hydrogens is 353 g/mol. The molecule has 5 heteroatoms. The zero-order valence-corrected chi connectivity index (χ0v) is 16.6. The molecule has 0 unspecified atom stereocenters. The van der Waals surface area contributed by atoms with Crippen molar-refractivity contribution >= 4 is 17.7 Å². The summed E-state index contributed by atoms with van der Waals surface area (Å²) in [6.07, 6.45) is 3.52. The van der Waals surface area contributed by atoms with Crippen molar-refractivity contribution in [3.8, 4) is 0 Å². The van der Waals surface area contributed by atoms with Gasteiger partial charge >= 0.3 is 0 Å². The highest BCUT2D eigenvalue weighted by atomic mass is 19.1. The van der Waals surface area contributed by atoms with Crippen LogP contribution in [-0.2, 0) is 11.3 Å². The molecule has 28 heavy (non-hydrogen) atoms. The summed E-state index contributed by atoms with van der Waals surface area (Å²) in [5, 5.41) is 3.39. The van der Waals surface area contributed by atoms with Gasteiger partial charge in [0.2, 0.25) is 5.91 Å². The number of benzene rings is 2. The van der Waals surface area contributed by atoms with E-state index in [2.05, 4.69) is 36.2 Å². The van der Waals surface area contributed by atoms with E-state index in [0.29, 0.717) is 19.1 Å². The maximum atomic E-state index is 13.1. The third-order valence-electron chi connectivity index (χ3n) is 4.90. The molecule has 0 saturated carbocycles. The molecule has 3 rings (SSSR count). The van der Waals surface area contributed by atoms with Gasteiger partial charge in [-0.3, -0.25) is 4.79 Å². The van der Waals surface area contributed by atoms with Crippen LogP contribution in [0.3, 0.4) is 0 Å². The minimum absolute atomic E-state index is 0.0318. The molecule has 0 atom stereocenters. The number of halogens is 1. The first kappa shape index (κ1) is 20.1. The Hall–Kier alpha value is -2.66. The Morgan fingerprint density at radius 1 is 1.04 bits per heavy atom. The molecule has 0 bridgehead atoms. The summed E-state index contributed by atoms with van der Waals surface area (Å²) in [5.41, 5.74) is 3.25. The molecule has 1 aliphatic heterocycles. The van der Waals surface area contributed by atoms with Gasteiger partial charge in [0.05, 0.1) is 0 Å². The smallest absolute Gasteiger partial charge is 0.246 e. The summed E-state index contributed by atoms with van der Waals surface area (Å²) >= 11 is 0. The molecular formula is C23H28FN3O. The van der Waals surface area contributed by atoms with Crippen molar-refractivity contribution in [1.29, 1.82) is 0 Å². The minimum atomic E-state index is -0.230. The van der Waals surface area contributed by atoms with Crippen LogP contribution in [0.5, 0.6) is 0 Å². The largest absolute Gasteiger partial charge is 0.368 e. The Kier molecular flexibility index (Phi) is 6.82. The van der Waals surface area contributed by atoms with Crippen LogP contribution >= 0.6 is 0 Å². The van der Waals surface area contributed by atoms with Gasteiger partial charge in [-0.25, -0.2) is 4.39 Å². The lowest BCUT2D eigenvalue weighted by atomic mass is 10.1. The maximum Gasteiger partial charge on any atom is 0.246 e. The van der Waals surface area contributed by atoms with Crippen LogP contribution < -0.4 is 10.2 Å². The Labute approximate surface area is 166 Å². The summed E-state index contributed by atoms with van der Waals surface area (Å²) < 4.78 is 13.1. The lowest BCUT2D eigenvalue weighted by molar-refractivity contribution is -0.126. The summed E-state index contributed by atoms with van der Waals surface area (Å²) in [6.45, 7) is 7.94. The number of hydrogen-bond donors (Lipinski definition) is 1. The average Bonchev–Trinajstić information content (AvgIpc) is 2.72. The molecule has 2 aromatic carbocycles. The standard InChI is InChI=1S/C23H28FN3O/c1-18(2)25-17-20-5-3-19(4-6-20)7-12-23(28)27-15-13-26(14-16-27)22-10-8-21(24)9-11-22/h3-12,18,25H,13-17H2,1-2H3/b12-7+. The predicted molar refractivity (Wildman–Crippen MR) is 113 cm³/mol. The molecule has 0 spiro atoms. The van der Waals surface area contributed by atoms with Crippen molar-refractivity contribution in [2.75, 3.05) is 31.1 Å². The zero-order chi connectivity index (χ0) is 19.9. The second kappa shape index (κ2) is 9.51. The monoisotopic (exact) mass is 381 g/mol. The molecule has 1 heterocycles. The van der Waals surface area contributed by atoms with Gasteiger partial charge in [0.1, 0.15) is 5.82 Å². The van der Waals surface area contributed by atoms with E-state index >= 15 is 0 Å². The van der Waals surface area contributed by atoms with E-state index in [-0.39, 0.29) is 11.7 Å². The molecule has 4 nitrogen and oxygen atoms in total. The van der Waals surface area contributed by atoms with Gasteiger partial charge in [-0.05, 0) is 41.5 Å². The predicted octanol–water partition coefficient (Wildman–Crippen LogP) is 3.69. The number of carbonyl (C=O) groups excluding carboxylic acids is 1. The molecule has 0 aromatic heterocycles. The number of hydrogen-bond acceptors (Lipinski definition) is 3. The highest BCUT2D eigenvalue weighted by Crippen LogP contribution is 2.17. The van der Waals surface area contributed by atoms with Crippen LogP contribution in [0, 0.1) is 5.82 Å². The third-order valence-corrected chi connectivity index (χ3v) is 4.90.